The lowest BCUT2D eigenvalue weighted by Gasteiger charge is -2.37. The number of methoxy groups -OCH3 is 1. The second-order valence-electron chi connectivity index (χ2n) is 3.93. The van der Waals surface area contributed by atoms with Gasteiger partial charge in [0.2, 0.25) is 0 Å². The molecule has 76 valence electrons. The summed E-state index contributed by atoms with van der Waals surface area (Å²) in [6.07, 6.45) is 1.43. The lowest BCUT2D eigenvalue weighted by Crippen LogP contribution is -2.43. The van der Waals surface area contributed by atoms with Crippen molar-refractivity contribution >= 4 is 6.09 Å². The number of aliphatic hydroxyl groups is 1. The monoisotopic (exact) mass is 187 g/mol. The number of likely N-dealkylation sites (tertiary alicyclic amines) is 1. The fraction of sp³-hybridized carbons (Fsp3) is 0.889. The van der Waals surface area contributed by atoms with Gasteiger partial charge in [-0.2, -0.15) is 0 Å². The van der Waals surface area contributed by atoms with Crippen molar-refractivity contribution in [3.05, 3.63) is 0 Å². The Kier molecular flexibility index (Phi) is 3.14. The van der Waals surface area contributed by atoms with Crippen LogP contribution in [-0.2, 0) is 4.74 Å². The average molecular weight is 187 g/mol. The van der Waals surface area contributed by atoms with E-state index >= 15 is 0 Å². The van der Waals surface area contributed by atoms with Gasteiger partial charge in [-0.1, -0.05) is 6.92 Å². The third kappa shape index (κ3) is 2.34. The maximum Gasteiger partial charge on any atom is 0.409 e. The van der Waals surface area contributed by atoms with Crippen molar-refractivity contribution in [2.45, 2.75) is 19.8 Å². The van der Waals surface area contributed by atoms with Crippen molar-refractivity contribution in [2.24, 2.45) is 5.41 Å². The molecule has 1 aliphatic heterocycles. The third-order valence-electron chi connectivity index (χ3n) is 2.79. The Morgan fingerprint density at radius 3 is 2.46 bits per heavy atom. The zero-order valence-corrected chi connectivity index (χ0v) is 8.25. The van der Waals surface area contributed by atoms with Crippen LogP contribution in [0.2, 0.25) is 0 Å². The van der Waals surface area contributed by atoms with E-state index in [1.54, 1.807) is 4.90 Å². The molecule has 1 aliphatic rings. The van der Waals surface area contributed by atoms with Gasteiger partial charge >= 0.3 is 6.09 Å². The third-order valence-corrected chi connectivity index (χ3v) is 2.79. The second kappa shape index (κ2) is 3.96. The predicted molar refractivity (Wildman–Crippen MR) is 48.4 cm³/mol. The first kappa shape index (κ1) is 10.3. The Bertz CT molecular complexity index is 185. The van der Waals surface area contributed by atoms with Crippen LogP contribution in [0.3, 0.4) is 0 Å². The molecule has 0 bridgehead atoms. The molecular weight excluding hydrogens is 170 g/mol. The lowest BCUT2D eigenvalue weighted by atomic mass is 9.81. The molecule has 0 aromatic heterocycles. The van der Waals surface area contributed by atoms with E-state index in [2.05, 4.69) is 4.74 Å². The summed E-state index contributed by atoms with van der Waals surface area (Å²) < 4.78 is 4.62. The van der Waals surface area contributed by atoms with E-state index in [0.29, 0.717) is 13.1 Å². The first-order valence-corrected chi connectivity index (χ1v) is 4.55. The summed E-state index contributed by atoms with van der Waals surface area (Å²) in [5.41, 5.74) is -0.00940. The molecule has 0 saturated carbocycles. The first-order chi connectivity index (χ1) is 6.11. The zero-order chi connectivity index (χ0) is 9.90. The largest absolute Gasteiger partial charge is 0.453 e. The Morgan fingerprint density at radius 2 is 2.08 bits per heavy atom. The summed E-state index contributed by atoms with van der Waals surface area (Å²) >= 11 is 0. The minimum atomic E-state index is -0.264. The van der Waals surface area contributed by atoms with Gasteiger partial charge in [-0.05, 0) is 18.3 Å². The Hall–Kier alpha value is -0.770. The maximum absolute atomic E-state index is 11.1. The molecule has 0 aromatic rings. The molecule has 0 unspecified atom stereocenters. The highest BCUT2D eigenvalue weighted by Gasteiger charge is 2.31. The normalized spacial score (nSPS) is 21.3. The Balaban J connectivity index is 2.43. The lowest BCUT2D eigenvalue weighted by molar-refractivity contribution is 0.0511. The molecule has 0 aromatic carbocycles. The number of amides is 1. The molecule has 1 rings (SSSR count). The predicted octanol–water partition coefficient (Wildman–Crippen LogP) is 0.847. The zero-order valence-electron chi connectivity index (χ0n) is 8.25. The van der Waals surface area contributed by atoms with Crippen LogP contribution < -0.4 is 0 Å². The SMILES string of the molecule is COC(=O)N1CCC(C)(CO)CC1. The van der Waals surface area contributed by atoms with Crippen molar-refractivity contribution < 1.29 is 14.6 Å². The van der Waals surface area contributed by atoms with E-state index in [1.807, 2.05) is 6.92 Å². The minimum Gasteiger partial charge on any atom is -0.453 e. The van der Waals surface area contributed by atoms with Gasteiger partial charge in [-0.25, -0.2) is 4.79 Å². The van der Waals surface area contributed by atoms with Crippen molar-refractivity contribution in [2.75, 3.05) is 26.8 Å². The van der Waals surface area contributed by atoms with E-state index in [4.69, 9.17) is 5.11 Å². The topological polar surface area (TPSA) is 49.8 Å². The number of hydrogen-bond acceptors (Lipinski definition) is 3. The summed E-state index contributed by atoms with van der Waals surface area (Å²) in [4.78, 5) is 12.8. The van der Waals surface area contributed by atoms with Gasteiger partial charge in [0.25, 0.3) is 0 Å². The molecule has 13 heavy (non-hydrogen) atoms. The van der Waals surface area contributed by atoms with Crippen LogP contribution in [0.25, 0.3) is 0 Å². The van der Waals surface area contributed by atoms with Crippen molar-refractivity contribution in [1.29, 1.82) is 0 Å². The van der Waals surface area contributed by atoms with Crippen LogP contribution in [0.1, 0.15) is 19.8 Å². The number of carbonyl (C=O) groups is 1. The molecule has 1 N–H and O–H groups in total. The van der Waals surface area contributed by atoms with Gasteiger partial charge in [0, 0.05) is 19.7 Å². The smallest absolute Gasteiger partial charge is 0.409 e. The van der Waals surface area contributed by atoms with E-state index in [0.717, 1.165) is 12.8 Å². The number of carbonyl (C=O) groups excluding carboxylic acids is 1. The number of aliphatic hydroxyl groups excluding tert-OH is 1. The molecule has 0 atom stereocenters. The van der Waals surface area contributed by atoms with Gasteiger partial charge in [-0.3, -0.25) is 0 Å². The first-order valence-electron chi connectivity index (χ1n) is 4.55. The second-order valence-corrected chi connectivity index (χ2v) is 3.93. The molecule has 1 amide bonds. The summed E-state index contributed by atoms with van der Waals surface area (Å²) in [5, 5.41) is 9.10. The molecule has 0 spiro atoms. The van der Waals surface area contributed by atoms with Crippen LogP contribution in [0, 0.1) is 5.41 Å². The Labute approximate surface area is 78.5 Å². The number of piperidine rings is 1. The number of ether oxygens (including phenoxy) is 1. The van der Waals surface area contributed by atoms with E-state index in [-0.39, 0.29) is 18.1 Å². The molecule has 1 heterocycles. The van der Waals surface area contributed by atoms with Gasteiger partial charge in [0.05, 0.1) is 7.11 Å². The van der Waals surface area contributed by atoms with Crippen LogP contribution in [0.4, 0.5) is 4.79 Å². The fourth-order valence-corrected chi connectivity index (χ4v) is 1.52. The van der Waals surface area contributed by atoms with Crippen molar-refractivity contribution in [3.63, 3.8) is 0 Å². The van der Waals surface area contributed by atoms with Crippen LogP contribution >= 0.6 is 0 Å². The molecule has 1 saturated heterocycles. The van der Waals surface area contributed by atoms with Gasteiger partial charge in [-0.15, -0.1) is 0 Å². The van der Waals surface area contributed by atoms with Crippen LogP contribution in [-0.4, -0.2) is 42.9 Å². The van der Waals surface area contributed by atoms with Gasteiger partial charge in [0.15, 0.2) is 0 Å². The van der Waals surface area contributed by atoms with E-state index in [1.165, 1.54) is 7.11 Å². The van der Waals surface area contributed by atoms with E-state index in [9.17, 15) is 4.79 Å². The molecule has 0 radical (unpaired) electrons. The number of hydrogen-bond donors (Lipinski definition) is 1. The molecule has 4 nitrogen and oxygen atoms in total. The molecule has 0 aliphatic carbocycles. The number of nitrogens with zero attached hydrogens (tertiary/aromatic N) is 1. The summed E-state index contributed by atoms with van der Waals surface area (Å²) in [6, 6.07) is 0. The fourth-order valence-electron chi connectivity index (χ4n) is 1.52. The number of rotatable bonds is 1. The average Bonchev–Trinajstić information content (AvgIpc) is 2.18. The maximum atomic E-state index is 11.1. The standard InChI is InChI=1S/C9H17NO3/c1-9(7-11)3-5-10(6-4-9)8(12)13-2/h11H,3-7H2,1-2H3. The highest BCUT2D eigenvalue weighted by atomic mass is 16.5. The highest BCUT2D eigenvalue weighted by Crippen LogP contribution is 2.29. The summed E-state index contributed by atoms with van der Waals surface area (Å²) in [5.74, 6) is 0. The Morgan fingerprint density at radius 1 is 1.54 bits per heavy atom. The quantitative estimate of drug-likeness (QED) is 0.662. The van der Waals surface area contributed by atoms with Crippen molar-refractivity contribution in [3.8, 4) is 0 Å². The summed E-state index contributed by atoms with van der Waals surface area (Å²) in [7, 11) is 1.39. The highest BCUT2D eigenvalue weighted by molar-refractivity contribution is 5.67. The molecule has 4 heteroatoms. The van der Waals surface area contributed by atoms with Crippen molar-refractivity contribution in [1.82, 2.24) is 4.90 Å². The van der Waals surface area contributed by atoms with Crippen LogP contribution in [0.5, 0.6) is 0 Å². The van der Waals surface area contributed by atoms with Gasteiger partial charge < -0.3 is 14.7 Å². The summed E-state index contributed by atoms with van der Waals surface area (Å²) in [6.45, 7) is 3.61. The minimum absolute atomic E-state index is 0.00940. The van der Waals surface area contributed by atoms with Crippen LogP contribution in [0.15, 0.2) is 0 Å². The van der Waals surface area contributed by atoms with Gasteiger partial charge in [0.1, 0.15) is 0 Å². The van der Waals surface area contributed by atoms with E-state index < -0.39 is 0 Å². The molecule has 1 fully saturated rings. The molecular formula is C9H17NO3.